The number of nitrogens with one attached hydrogen (secondary N) is 1. The van der Waals surface area contributed by atoms with Gasteiger partial charge in [0.2, 0.25) is 5.95 Å². The molecule has 1 aliphatic heterocycles. The lowest BCUT2D eigenvalue weighted by atomic mass is 10.0. The van der Waals surface area contributed by atoms with Crippen LogP contribution in [0.2, 0.25) is 0 Å². The normalized spacial score (nSPS) is 15.5. The van der Waals surface area contributed by atoms with Gasteiger partial charge in [-0.15, -0.1) is 0 Å². The second-order valence-electron chi connectivity index (χ2n) is 3.08. The predicted molar refractivity (Wildman–Crippen MR) is 49.7 cm³/mol. The molecule has 0 aliphatic carbocycles. The van der Waals surface area contributed by atoms with Crippen LogP contribution >= 0.6 is 0 Å². The summed E-state index contributed by atoms with van der Waals surface area (Å²) in [6.45, 7) is 2.18. The first-order valence-electron chi connectivity index (χ1n) is 4.36. The van der Waals surface area contributed by atoms with E-state index in [4.69, 9.17) is 11.5 Å². The quantitative estimate of drug-likeness (QED) is 0.523. The van der Waals surface area contributed by atoms with Crippen molar-refractivity contribution < 1.29 is 0 Å². The molecule has 1 aromatic heterocycles. The molecule has 70 valence electrons. The van der Waals surface area contributed by atoms with E-state index in [1.807, 2.05) is 0 Å². The van der Waals surface area contributed by atoms with E-state index in [2.05, 4.69) is 15.3 Å². The standard InChI is InChI=1S/C8H13N5/c9-3-6-5-1-2-11-4-7(5)13-8(10)12-6/h11H,1-4,9H2,(H2,10,12,13). The minimum Gasteiger partial charge on any atom is -0.368 e. The number of anilines is 1. The molecule has 5 nitrogen and oxygen atoms in total. The zero-order chi connectivity index (χ0) is 9.26. The summed E-state index contributed by atoms with van der Waals surface area (Å²) in [7, 11) is 0. The van der Waals surface area contributed by atoms with Gasteiger partial charge in [-0.25, -0.2) is 9.97 Å². The van der Waals surface area contributed by atoms with Crippen LogP contribution in [0.1, 0.15) is 17.0 Å². The van der Waals surface area contributed by atoms with E-state index in [1.165, 1.54) is 5.56 Å². The van der Waals surface area contributed by atoms with Gasteiger partial charge in [-0.1, -0.05) is 0 Å². The summed E-state index contributed by atoms with van der Waals surface area (Å²) in [6, 6.07) is 0. The van der Waals surface area contributed by atoms with Gasteiger partial charge in [0.25, 0.3) is 0 Å². The predicted octanol–water partition coefficient (Wildman–Crippen LogP) is -0.837. The number of nitrogen functional groups attached to an aromatic ring is 1. The van der Waals surface area contributed by atoms with Gasteiger partial charge in [0.1, 0.15) is 0 Å². The van der Waals surface area contributed by atoms with E-state index in [1.54, 1.807) is 0 Å². The average molecular weight is 179 g/mol. The molecule has 0 atom stereocenters. The molecule has 0 saturated carbocycles. The van der Waals surface area contributed by atoms with E-state index in [0.717, 1.165) is 30.9 Å². The first-order valence-corrected chi connectivity index (χ1v) is 4.36. The molecule has 0 fully saturated rings. The topological polar surface area (TPSA) is 89.8 Å². The van der Waals surface area contributed by atoms with Gasteiger partial charge in [0, 0.05) is 13.1 Å². The molecule has 13 heavy (non-hydrogen) atoms. The molecule has 5 N–H and O–H groups in total. The number of nitrogens with zero attached hydrogens (tertiary/aromatic N) is 2. The summed E-state index contributed by atoms with van der Waals surface area (Å²) in [5.74, 6) is 0.322. The van der Waals surface area contributed by atoms with Crippen LogP contribution in [0.15, 0.2) is 0 Å². The number of rotatable bonds is 1. The zero-order valence-electron chi connectivity index (χ0n) is 7.38. The Kier molecular flexibility index (Phi) is 2.12. The second-order valence-corrected chi connectivity index (χ2v) is 3.08. The molecule has 0 saturated heterocycles. The molecule has 1 aromatic rings. The average Bonchev–Trinajstić information content (AvgIpc) is 2.16. The Labute approximate surface area is 76.6 Å². The van der Waals surface area contributed by atoms with Crippen LogP contribution in [0.3, 0.4) is 0 Å². The highest BCUT2D eigenvalue weighted by molar-refractivity contribution is 5.33. The molecular weight excluding hydrogens is 166 g/mol. The Morgan fingerprint density at radius 3 is 3.00 bits per heavy atom. The van der Waals surface area contributed by atoms with Crippen LogP contribution in [0.4, 0.5) is 5.95 Å². The maximum Gasteiger partial charge on any atom is 0.220 e. The zero-order valence-corrected chi connectivity index (χ0v) is 7.38. The monoisotopic (exact) mass is 179 g/mol. The van der Waals surface area contributed by atoms with Crippen molar-refractivity contribution in [1.82, 2.24) is 15.3 Å². The summed E-state index contributed by atoms with van der Waals surface area (Å²) in [5, 5.41) is 3.23. The first-order chi connectivity index (χ1) is 6.31. The second kappa shape index (κ2) is 3.27. The summed E-state index contributed by atoms with van der Waals surface area (Å²) < 4.78 is 0. The van der Waals surface area contributed by atoms with Crippen LogP contribution in [-0.2, 0) is 19.5 Å². The third-order valence-electron chi connectivity index (χ3n) is 2.23. The van der Waals surface area contributed by atoms with Crippen molar-refractivity contribution in [2.75, 3.05) is 12.3 Å². The fourth-order valence-electron chi connectivity index (χ4n) is 1.63. The van der Waals surface area contributed by atoms with Gasteiger partial charge in [0.15, 0.2) is 0 Å². The molecule has 1 aliphatic rings. The van der Waals surface area contributed by atoms with Gasteiger partial charge in [-0.3, -0.25) is 0 Å². The van der Waals surface area contributed by atoms with E-state index in [0.29, 0.717) is 12.5 Å². The highest BCUT2D eigenvalue weighted by Crippen LogP contribution is 2.15. The van der Waals surface area contributed by atoms with Crippen molar-refractivity contribution in [2.45, 2.75) is 19.5 Å². The lowest BCUT2D eigenvalue weighted by molar-refractivity contribution is 0.616. The van der Waals surface area contributed by atoms with Gasteiger partial charge in [-0.05, 0) is 18.5 Å². The number of nitrogens with two attached hydrogens (primary N) is 2. The Bertz CT molecular complexity index is 305. The van der Waals surface area contributed by atoms with Crippen LogP contribution < -0.4 is 16.8 Å². The lowest BCUT2D eigenvalue weighted by Crippen LogP contribution is -2.27. The van der Waals surface area contributed by atoms with Crippen molar-refractivity contribution in [2.24, 2.45) is 5.73 Å². The number of fused-ring (bicyclic) bond motifs is 1. The maximum atomic E-state index is 5.58. The smallest absolute Gasteiger partial charge is 0.220 e. The number of hydrogen-bond donors (Lipinski definition) is 3. The van der Waals surface area contributed by atoms with Gasteiger partial charge in [0.05, 0.1) is 11.4 Å². The minimum absolute atomic E-state index is 0.322. The highest BCUT2D eigenvalue weighted by atomic mass is 15.0. The van der Waals surface area contributed by atoms with Crippen LogP contribution in [-0.4, -0.2) is 16.5 Å². The molecule has 0 unspecified atom stereocenters. The van der Waals surface area contributed by atoms with Crippen molar-refractivity contribution in [3.05, 3.63) is 17.0 Å². The van der Waals surface area contributed by atoms with Gasteiger partial charge >= 0.3 is 0 Å². The van der Waals surface area contributed by atoms with E-state index >= 15 is 0 Å². The van der Waals surface area contributed by atoms with Crippen LogP contribution in [0.25, 0.3) is 0 Å². The largest absolute Gasteiger partial charge is 0.368 e. The molecule has 0 amide bonds. The van der Waals surface area contributed by atoms with Crippen LogP contribution in [0.5, 0.6) is 0 Å². The van der Waals surface area contributed by atoms with E-state index < -0.39 is 0 Å². The van der Waals surface area contributed by atoms with E-state index in [-0.39, 0.29) is 0 Å². The molecule has 0 bridgehead atoms. The summed E-state index contributed by atoms with van der Waals surface area (Å²) in [6.07, 6.45) is 0.947. The van der Waals surface area contributed by atoms with Crippen molar-refractivity contribution >= 4 is 5.95 Å². The highest BCUT2D eigenvalue weighted by Gasteiger charge is 2.15. The van der Waals surface area contributed by atoms with Crippen molar-refractivity contribution in [3.63, 3.8) is 0 Å². The molecule has 0 aromatic carbocycles. The molecule has 2 heterocycles. The SMILES string of the molecule is NCc1nc(N)nc2c1CCNC2. The molecule has 0 spiro atoms. The van der Waals surface area contributed by atoms with Crippen LogP contribution in [0, 0.1) is 0 Å². The third kappa shape index (κ3) is 1.48. The maximum absolute atomic E-state index is 5.58. The molecular formula is C8H13N5. The van der Waals surface area contributed by atoms with Crippen molar-refractivity contribution in [1.29, 1.82) is 0 Å². The van der Waals surface area contributed by atoms with Gasteiger partial charge in [-0.2, -0.15) is 0 Å². The summed E-state index contributed by atoms with van der Waals surface area (Å²) in [5.41, 5.74) is 14.2. The Balaban J connectivity index is 2.50. The fourth-order valence-corrected chi connectivity index (χ4v) is 1.63. The Morgan fingerprint density at radius 2 is 2.23 bits per heavy atom. The number of aromatic nitrogens is 2. The molecule has 0 radical (unpaired) electrons. The fraction of sp³-hybridized carbons (Fsp3) is 0.500. The Hall–Kier alpha value is -1.20. The Morgan fingerprint density at radius 1 is 1.38 bits per heavy atom. The molecule has 2 rings (SSSR count). The van der Waals surface area contributed by atoms with Gasteiger partial charge < -0.3 is 16.8 Å². The van der Waals surface area contributed by atoms with E-state index in [9.17, 15) is 0 Å². The summed E-state index contributed by atoms with van der Waals surface area (Å²) >= 11 is 0. The van der Waals surface area contributed by atoms with Crippen molar-refractivity contribution in [3.8, 4) is 0 Å². The molecule has 5 heteroatoms. The number of hydrogen-bond acceptors (Lipinski definition) is 5. The lowest BCUT2D eigenvalue weighted by Gasteiger charge is -2.18. The third-order valence-corrected chi connectivity index (χ3v) is 2.23. The summed E-state index contributed by atoms with van der Waals surface area (Å²) in [4.78, 5) is 8.29. The first kappa shape index (κ1) is 8.40. The minimum atomic E-state index is 0.322.